The Labute approximate surface area is 93.3 Å². The molecule has 70 valence electrons. The first-order chi connectivity index (χ1) is 6.18. The molecule has 0 N–H and O–H groups in total. The van der Waals surface area contributed by atoms with Crippen LogP contribution in [0.1, 0.15) is 25.5 Å². The first-order valence-corrected chi connectivity index (χ1v) is 5.77. The molecule has 13 heavy (non-hydrogen) atoms. The van der Waals surface area contributed by atoms with Gasteiger partial charge in [-0.25, -0.2) is 0 Å². The molecule has 1 saturated heterocycles. The molecule has 1 aromatic carbocycles. The molecule has 2 heteroatoms. The van der Waals surface area contributed by atoms with Gasteiger partial charge in [0.25, 0.3) is 0 Å². The van der Waals surface area contributed by atoms with Gasteiger partial charge >= 0.3 is 0 Å². The maximum atomic E-state index is 2.50. The second kappa shape index (κ2) is 3.58. The Kier molecular flexibility index (Phi) is 2.60. The van der Waals surface area contributed by atoms with Crippen molar-refractivity contribution in [2.75, 3.05) is 6.54 Å². The molecule has 0 bridgehead atoms. The van der Waals surface area contributed by atoms with Crippen molar-refractivity contribution in [3.63, 3.8) is 0 Å². The molecule has 1 aromatic rings. The predicted octanol–water partition coefficient (Wildman–Crippen LogP) is 3.06. The van der Waals surface area contributed by atoms with Gasteiger partial charge in [-0.05, 0) is 54.1 Å². The number of rotatable bonds is 2. The lowest BCUT2D eigenvalue weighted by atomic mass is 10.1. The van der Waals surface area contributed by atoms with Crippen LogP contribution in [0.4, 0.5) is 0 Å². The Morgan fingerprint density at radius 2 is 1.92 bits per heavy atom. The molecule has 0 amide bonds. The SMILES string of the molecule is CC1CN1C(C)c1ccc(I)cc1. The molecule has 3 unspecified atom stereocenters. The zero-order valence-electron chi connectivity index (χ0n) is 8.00. The van der Waals surface area contributed by atoms with Crippen molar-refractivity contribution in [1.82, 2.24) is 4.90 Å². The van der Waals surface area contributed by atoms with E-state index in [1.807, 2.05) is 0 Å². The third-order valence-electron chi connectivity index (χ3n) is 2.76. The van der Waals surface area contributed by atoms with E-state index in [0.717, 1.165) is 6.04 Å². The average Bonchev–Trinajstić information content (AvgIpc) is 2.83. The quantitative estimate of drug-likeness (QED) is 0.597. The Balaban J connectivity index is 2.12. The molecule has 0 spiro atoms. The van der Waals surface area contributed by atoms with E-state index in [4.69, 9.17) is 0 Å². The van der Waals surface area contributed by atoms with Gasteiger partial charge in [-0.15, -0.1) is 0 Å². The largest absolute Gasteiger partial charge is 0.291 e. The predicted molar refractivity (Wildman–Crippen MR) is 63.7 cm³/mol. The van der Waals surface area contributed by atoms with Gasteiger partial charge in [0.1, 0.15) is 0 Å². The van der Waals surface area contributed by atoms with Crippen molar-refractivity contribution < 1.29 is 0 Å². The number of halogens is 1. The number of nitrogens with zero attached hydrogens (tertiary/aromatic N) is 1. The summed E-state index contributed by atoms with van der Waals surface area (Å²) in [4.78, 5) is 2.50. The van der Waals surface area contributed by atoms with E-state index in [0.29, 0.717) is 6.04 Å². The molecule has 1 nitrogen and oxygen atoms in total. The minimum atomic E-state index is 0.590. The summed E-state index contributed by atoms with van der Waals surface area (Å²) in [6.07, 6.45) is 0. The summed E-state index contributed by atoms with van der Waals surface area (Å²) in [5, 5.41) is 0. The molecule has 2 rings (SSSR count). The average molecular weight is 287 g/mol. The monoisotopic (exact) mass is 287 g/mol. The Bertz CT molecular complexity index is 293. The van der Waals surface area contributed by atoms with Crippen LogP contribution >= 0.6 is 22.6 Å². The molecule has 0 aliphatic carbocycles. The van der Waals surface area contributed by atoms with Crippen LogP contribution < -0.4 is 0 Å². The van der Waals surface area contributed by atoms with Crippen LogP contribution in [0.25, 0.3) is 0 Å². The summed E-state index contributed by atoms with van der Waals surface area (Å²) in [6.45, 7) is 5.82. The minimum Gasteiger partial charge on any atom is -0.291 e. The fourth-order valence-corrected chi connectivity index (χ4v) is 2.09. The van der Waals surface area contributed by atoms with E-state index in [2.05, 4.69) is 65.6 Å². The van der Waals surface area contributed by atoms with Crippen LogP contribution in [0.5, 0.6) is 0 Å². The van der Waals surface area contributed by atoms with Gasteiger partial charge < -0.3 is 0 Å². The van der Waals surface area contributed by atoms with Gasteiger partial charge in [-0.2, -0.15) is 0 Å². The van der Waals surface area contributed by atoms with Crippen LogP contribution in [0.3, 0.4) is 0 Å². The van der Waals surface area contributed by atoms with Crippen LogP contribution in [0.15, 0.2) is 24.3 Å². The van der Waals surface area contributed by atoms with Gasteiger partial charge in [0, 0.05) is 22.2 Å². The molecular weight excluding hydrogens is 273 g/mol. The van der Waals surface area contributed by atoms with Crippen molar-refractivity contribution in [1.29, 1.82) is 0 Å². The highest BCUT2D eigenvalue weighted by Crippen LogP contribution is 2.31. The molecule has 0 saturated carbocycles. The van der Waals surface area contributed by atoms with E-state index < -0.39 is 0 Å². The van der Waals surface area contributed by atoms with E-state index in [9.17, 15) is 0 Å². The highest BCUT2D eigenvalue weighted by atomic mass is 127. The summed E-state index contributed by atoms with van der Waals surface area (Å²) in [7, 11) is 0. The normalized spacial score (nSPS) is 28.5. The molecule has 3 atom stereocenters. The van der Waals surface area contributed by atoms with E-state index in [-0.39, 0.29) is 0 Å². The van der Waals surface area contributed by atoms with Crippen LogP contribution in [-0.2, 0) is 0 Å². The molecule has 0 radical (unpaired) electrons. The fourth-order valence-electron chi connectivity index (χ4n) is 1.73. The van der Waals surface area contributed by atoms with Crippen LogP contribution in [-0.4, -0.2) is 17.5 Å². The van der Waals surface area contributed by atoms with E-state index in [1.165, 1.54) is 15.7 Å². The maximum Gasteiger partial charge on any atom is 0.0323 e. The maximum absolute atomic E-state index is 2.50. The van der Waals surface area contributed by atoms with Crippen molar-refractivity contribution in [2.45, 2.75) is 25.9 Å². The summed E-state index contributed by atoms with van der Waals surface area (Å²) in [5.74, 6) is 0. The number of hydrogen-bond acceptors (Lipinski definition) is 1. The molecular formula is C11H14IN. The number of benzene rings is 1. The molecule has 1 aliphatic heterocycles. The van der Waals surface area contributed by atoms with E-state index in [1.54, 1.807) is 0 Å². The first-order valence-electron chi connectivity index (χ1n) is 4.69. The fraction of sp³-hybridized carbons (Fsp3) is 0.455. The molecule has 1 aliphatic rings. The standard InChI is InChI=1S/C11H14IN/c1-8-7-13(8)9(2)10-3-5-11(12)6-4-10/h3-6,8-9H,7H2,1-2H3. The Morgan fingerprint density at radius 3 is 2.38 bits per heavy atom. The summed E-state index contributed by atoms with van der Waals surface area (Å²) < 4.78 is 1.31. The topological polar surface area (TPSA) is 3.01 Å². The summed E-state index contributed by atoms with van der Waals surface area (Å²) >= 11 is 2.34. The zero-order chi connectivity index (χ0) is 9.42. The smallest absolute Gasteiger partial charge is 0.0323 e. The van der Waals surface area contributed by atoms with Crippen LogP contribution in [0, 0.1) is 3.57 Å². The van der Waals surface area contributed by atoms with Crippen molar-refractivity contribution in [2.24, 2.45) is 0 Å². The molecule has 1 fully saturated rings. The van der Waals surface area contributed by atoms with Crippen molar-refractivity contribution in [3.05, 3.63) is 33.4 Å². The van der Waals surface area contributed by atoms with Gasteiger partial charge in [-0.3, -0.25) is 4.90 Å². The molecule has 1 heterocycles. The van der Waals surface area contributed by atoms with Crippen LogP contribution in [0.2, 0.25) is 0 Å². The Hall–Kier alpha value is -0.0900. The van der Waals surface area contributed by atoms with E-state index >= 15 is 0 Å². The highest BCUT2D eigenvalue weighted by molar-refractivity contribution is 14.1. The third-order valence-corrected chi connectivity index (χ3v) is 3.48. The van der Waals surface area contributed by atoms with Gasteiger partial charge in [-0.1, -0.05) is 12.1 Å². The lowest BCUT2D eigenvalue weighted by Crippen LogP contribution is -2.06. The summed E-state index contributed by atoms with van der Waals surface area (Å²) in [5.41, 5.74) is 1.43. The Morgan fingerprint density at radius 1 is 1.38 bits per heavy atom. The van der Waals surface area contributed by atoms with Crippen molar-refractivity contribution >= 4 is 22.6 Å². The van der Waals surface area contributed by atoms with Crippen molar-refractivity contribution in [3.8, 4) is 0 Å². The third kappa shape index (κ3) is 2.05. The van der Waals surface area contributed by atoms with Gasteiger partial charge in [0.2, 0.25) is 0 Å². The zero-order valence-corrected chi connectivity index (χ0v) is 10.2. The summed E-state index contributed by atoms with van der Waals surface area (Å²) in [6, 6.07) is 10.2. The van der Waals surface area contributed by atoms with Gasteiger partial charge in [0.15, 0.2) is 0 Å². The lowest BCUT2D eigenvalue weighted by molar-refractivity contribution is 0.414. The number of hydrogen-bond donors (Lipinski definition) is 0. The second-order valence-electron chi connectivity index (χ2n) is 3.77. The minimum absolute atomic E-state index is 0.590. The lowest BCUT2D eigenvalue weighted by Gasteiger charge is -2.13. The molecule has 0 aromatic heterocycles. The second-order valence-corrected chi connectivity index (χ2v) is 5.02. The first kappa shape index (κ1) is 9.46. The van der Waals surface area contributed by atoms with Gasteiger partial charge in [0.05, 0.1) is 0 Å². The highest BCUT2D eigenvalue weighted by Gasteiger charge is 2.33.